The van der Waals surface area contributed by atoms with E-state index in [2.05, 4.69) is 22.1 Å². The van der Waals surface area contributed by atoms with Gasteiger partial charge in [0.1, 0.15) is 12.4 Å². The zero-order valence-electron chi connectivity index (χ0n) is 15.7. The van der Waals surface area contributed by atoms with Crippen molar-refractivity contribution in [3.8, 4) is 17.6 Å². The van der Waals surface area contributed by atoms with Crippen molar-refractivity contribution >= 4 is 15.9 Å². The number of aromatic nitrogens is 1. The molecular formula is C20H21N3O5S. The number of benzene rings is 1. The molecule has 1 N–H and O–H groups in total. The third-order valence-electron chi connectivity index (χ3n) is 4.13. The Hall–Kier alpha value is -2.93. The summed E-state index contributed by atoms with van der Waals surface area (Å²) in [6.45, 7) is 1.77. The molecule has 3 rings (SSSR count). The smallest absolute Gasteiger partial charge is 0.252 e. The fourth-order valence-corrected chi connectivity index (χ4v) is 4.01. The van der Waals surface area contributed by atoms with Gasteiger partial charge in [-0.2, -0.15) is 4.31 Å². The first-order valence-corrected chi connectivity index (χ1v) is 10.5. The molecule has 29 heavy (non-hydrogen) atoms. The highest BCUT2D eigenvalue weighted by atomic mass is 32.2. The standard InChI is InChI=1S/C20H21N3O5S/c24-20(22-10-1-2-13-28-18-4-3-9-21-16-18)17-5-7-19(8-6-17)29(25,26)23-11-14-27-15-12-23/h3-9,16H,10-15H2,(H,22,24). The molecule has 0 saturated carbocycles. The average molecular weight is 415 g/mol. The van der Waals surface area contributed by atoms with Crippen LogP contribution in [0, 0.1) is 11.8 Å². The Labute approximate surface area is 169 Å². The lowest BCUT2D eigenvalue weighted by Crippen LogP contribution is -2.40. The number of carbonyl (C=O) groups excluding carboxylic acids is 1. The maximum atomic E-state index is 12.6. The van der Waals surface area contributed by atoms with E-state index in [1.54, 1.807) is 24.5 Å². The van der Waals surface area contributed by atoms with E-state index in [1.165, 1.54) is 28.6 Å². The fraction of sp³-hybridized carbons (Fsp3) is 0.300. The fourth-order valence-electron chi connectivity index (χ4n) is 2.61. The van der Waals surface area contributed by atoms with Gasteiger partial charge in [-0.05, 0) is 36.4 Å². The zero-order chi connectivity index (χ0) is 20.5. The lowest BCUT2D eigenvalue weighted by molar-refractivity contribution is 0.0730. The quantitative estimate of drug-likeness (QED) is 0.705. The van der Waals surface area contributed by atoms with Crippen molar-refractivity contribution in [2.24, 2.45) is 0 Å². The van der Waals surface area contributed by atoms with Gasteiger partial charge in [0, 0.05) is 24.8 Å². The van der Waals surface area contributed by atoms with Crippen LogP contribution in [0.2, 0.25) is 0 Å². The number of hydrogen-bond acceptors (Lipinski definition) is 6. The highest BCUT2D eigenvalue weighted by molar-refractivity contribution is 7.89. The van der Waals surface area contributed by atoms with Crippen LogP contribution in [-0.4, -0.2) is 63.1 Å². The number of amides is 1. The number of pyridine rings is 1. The van der Waals surface area contributed by atoms with Crippen LogP contribution >= 0.6 is 0 Å². The van der Waals surface area contributed by atoms with Gasteiger partial charge in [-0.25, -0.2) is 8.42 Å². The summed E-state index contributed by atoms with van der Waals surface area (Å²) in [5, 5.41) is 2.66. The first-order chi connectivity index (χ1) is 14.1. The second-order valence-corrected chi connectivity index (χ2v) is 7.99. The maximum Gasteiger partial charge on any atom is 0.252 e. The number of ether oxygens (including phenoxy) is 2. The van der Waals surface area contributed by atoms with Crippen molar-refractivity contribution in [1.29, 1.82) is 0 Å². The van der Waals surface area contributed by atoms with Crippen LogP contribution in [0.3, 0.4) is 0 Å². The SMILES string of the molecule is O=C(NCC#CCOc1cccnc1)c1ccc(S(=O)(=O)N2CCOCC2)cc1. The van der Waals surface area contributed by atoms with Crippen LogP contribution in [0.1, 0.15) is 10.4 Å². The van der Waals surface area contributed by atoms with Crippen molar-refractivity contribution in [3.63, 3.8) is 0 Å². The number of sulfonamides is 1. The molecule has 0 atom stereocenters. The lowest BCUT2D eigenvalue weighted by Gasteiger charge is -2.26. The summed E-state index contributed by atoms with van der Waals surface area (Å²) in [5.74, 6) is 5.88. The van der Waals surface area contributed by atoms with Crippen LogP contribution < -0.4 is 10.1 Å². The minimum absolute atomic E-state index is 0.156. The zero-order valence-corrected chi connectivity index (χ0v) is 16.5. The highest BCUT2D eigenvalue weighted by Crippen LogP contribution is 2.17. The molecule has 0 spiro atoms. The predicted octanol–water partition coefficient (Wildman–Crippen LogP) is 0.915. The third-order valence-corrected chi connectivity index (χ3v) is 6.04. The normalized spacial score (nSPS) is 14.5. The first kappa shape index (κ1) is 20.8. The number of morpholine rings is 1. The van der Waals surface area contributed by atoms with Gasteiger partial charge in [-0.1, -0.05) is 11.8 Å². The molecule has 152 valence electrons. The van der Waals surface area contributed by atoms with Crippen LogP contribution in [0.15, 0.2) is 53.7 Å². The van der Waals surface area contributed by atoms with E-state index >= 15 is 0 Å². The van der Waals surface area contributed by atoms with E-state index in [-0.39, 0.29) is 24.0 Å². The van der Waals surface area contributed by atoms with Gasteiger partial charge in [-0.3, -0.25) is 9.78 Å². The van der Waals surface area contributed by atoms with Gasteiger partial charge < -0.3 is 14.8 Å². The first-order valence-electron chi connectivity index (χ1n) is 9.02. The molecular weight excluding hydrogens is 394 g/mol. The van der Waals surface area contributed by atoms with E-state index in [0.717, 1.165) is 0 Å². The van der Waals surface area contributed by atoms with Gasteiger partial charge >= 0.3 is 0 Å². The lowest BCUT2D eigenvalue weighted by atomic mass is 10.2. The number of nitrogens with one attached hydrogen (secondary N) is 1. The number of hydrogen-bond donors (Lipinski definition) is 1. The van der Waals surface area contributed by atoms with E-state index in [4.69, 9.17) is 9.47 Å². The Morgan fingerprint density at radius 3 is 2.62 bits per heavy atom. The predicted molar refractivity (Wildman–Crippen MR) is 106 cm³/mol. The van der Waals surface area contributed by atoms with Crippen LogP contribution in [0.25, 0.3) is 0 Å². The Kier molecular flexibility index (Phi) is 7.19. The molecule has 8 nitrogen and oxygen atoms in total. The van der Waals surface area contributed by atoms with Crippen molar-refractivity contribution in [3.05, 3.63) is 54.4 Å². The molecule has 0 unspecified atom stereocenters. The second kappa shape index (κ2) is 10.0. The van der Waals surface area contributed by atoms with E-state index in [0.29, 0.717) is 37.6 Å². The van der Waals surface area contributed by atoms with Gasteiger partial charge in [0.2, 0.25) is 10.0 Å². The van der Waals surface area contributed by atoms with E-state index < -0.39 is 10.0 Å². The topological polar surface area (TPSA) is 97.8 Å². The molecule has 0 radical (unpaired) electrons. The molecule has 0 aliphatic carbocycles. The number of rotatable bonds is 6. The largest absolute Gasteiger partial charge is 0.479 e. The Bertz CT molecular complexity index is 976. The summed E-state index contributed by atoms with van der Waals surface area (Å²) in [6.07, 6.45) is 3.24. The Morgan fingerprint density at radius 2 is 1.93 bits per heavy atom. The second-order valence-electron chi connectivity index (χ2n) is 6.05. The van der Waals surface area contributed by atoms with Gasteiger partial charge in [0.05, 0.1) is 30.9 Å². The summed E-state index contributed by atoms with van der Waals surface area (Å²) in [4.78, 5) is 16.3. The minimum atomic E-state index is -3.57. The summed E-state index contributed by atoms with van der Waals surface area (Å²) in [5.41, 5.74) is 0.360. The molecule has 1 amide bonds. The van der Waals surface area contributed by atoms with Crippen LogP contribution in [0.5, 0.6) is 5.75 Å². The highest BCUT2D eigenvalue weighted by Gasteiger charge is 2.26. The van der Waals surface area contributed by atoms with Crippen LogP contribution in [0.4, 0.5) is 0 Å². The molecule has 2 heterocycles. The van der Waals surface area contributed by atoms with Crippen molar-refractivity contribution in [2.45, 2.75) is 4.90 Å². The third kappa shape index (κ3) is 5.77. The van der Waals surface area contributed by atoms with Crippen molar-refractivity contribution < 1.29 is 22.7 Å². The van der Waals surface area contributed by atoms with Crippen molar-refractivity contribution in [2.75, 3.05) is 39.5 Å². The maximum absolute atomic E-state index is 12.6. The molecule has 1 fully saturated rings. The summed E-state index contributed by atoms with van der Waals surface area (Å²) < 4.78 is 37.1. The molecule has 0 bridgehead atoms. The average Bonchev–Trinajstić information content (AvgIpc) is 2.77. The van der Waals surface area contributed by atoms with Crippen molar-refractivity contribution in [1.82, 2.24) is 14.6 Å². The molecule has 9 heteroatoms. The molecule has 1 aliphatic rings. The summed E-state index contributed by atoms with van der Waals surface area (Å²) >= 11 is 0. The van der Waals surface area contributed by atoms with E-state index in [1.807, 2.05) is 0 Å². The van der Waals surface area contributed by atoms with Gasteiger partial charge in [0.25, 0.3) is 5.91 Å². The number of nitrogens with zero attached hydrogens (tertiary/aromatic N) is 2. The monoisotopic (exact) mass is 415 g/mol. The molecule has 1 aromatic carbocycles. The number of carbonyl (C=O) groups is 1. The minimum Gasteiger partial charge on any atom is -0.479 e. The van der Waals surface area contributed by atoms with Crippen LogP contribution in [-0.2, 0) is 14.8 Å². The molecule has 1 aliphatic heterocycles. The molecule has 2 aromatic rings. The summed E-state index contributed by atoms with van der Waals surface area (Å²) in [6, 6.07) is 9.39. The summed E-state index contributed by atoms with van der Waals surface area (Å²) in [7, 11) is -3.57. The molecule has 1 aromatic heterocycles. The van der Waals surface area contributed by atoms with Gasteiger partial charge in [-0.15, -0.1) is 0 Å². The Balaban J connectivity index is 1.48. The van der Waals surface area contributed by atoms with Gasteiger partial charge in [0.15, 0.2) is 0 Å². The molecule has 1 saturated heterocycles. The van der Waals surface area contributed by atoms with E-state index in [9.17, 15) is 13.2 Å². The Morgan fingerprint density at radius 1 is 1.17 bits per heavy atom.